The molecular formula is C21H33N5O3. The van der Waals surface area contributed by atoms with E-state index in [0.717, 1.165) is 45.0 Å². The molecule has 0 saturated carbocycles. The van der Waals surface area contributed by atoms with Gasteiger partial charge >= 0.3 is 6.09 Å². The molecule has 0 N–H and O–H groups in total. The Bertz CT molecular complexity index is 673. The van der Waals surface area contributed by atoms with Gasteiger partial charge in [-0.25, -0.2) is 9.78 Å². The lowest BCUT2D eigenvalue weighted by Gasteiger charge is -2.35. The molecule has 0 bridgehead atoms. The van der Waals surface area contributed by atoms with Crippen molar-refractivity contribution in [1.29, 1.82) is 5.26 Å². The summed E-state index contributed by atoms with van der Waals surface area (Å²) >= 11 is 0. The molecule has 160 valence electrons. The average Bonchev–Trinajstić information content (AvgIpc) is 2.69. The monoisotopic (exact) mass is 403 g/mol. The van der Waals surface area contributed by atoms with Gasteiger partial charge in [0.2, 0.25) is 0 Å². The van der Waals surface area contributed by atoms with E-state index in [1.807, 2.05) is 32.9 Å². The molecule has 0 aliphatic carbocycles. The zero-order valence-electron chi connectivity index (χ0n) is 18.1. The highest BCUT2D eigenvalue weighted by molar-refractivity contribution is 5.67. The van der Waals surface area contributed by atoms with Gasteiger partial charge in [-0.1, -0.05) is 0 Å². The molecule has 0 aromatic carbocycles. The molecule has 1 aromatic heterocycles. The average molecular weight is 404 g/mol. The number of aromatic nitrogens is 1. The van der Waals surface area contributed by atoms with E-state index in [2.05, 4.69) is 20.9 Å². The number of rotatable bonds is 8. The van der Waals surface area contributed by atoms with Crippen LogP contribution in [0.15, 0.2) is 18.3 Å². The second-order valence-electron chi connectivity index (χ2n) is 8.21. The Kier molecular flexibility index (Phi) is 8.68. The first-order valence-electron chi connectivity index (χ1n) is 10.1. The Morgan fingerprint density at radius 3 is 2.55 bits per heavy atom. The van der Waals surface area contributed by atoms with Gasteiger partial charge in [-0.2, -0.15) is 5.26 Å². The minimum absolute atomic E-state index is 0.323. The second-order valence-corrected chi connectivity index (χ2v) is 8.21. The molecule has 2 rings (SSSR count). The molecule has 2 heterocycles. The van der Waals surface area contributed by atoms with Gasteiger partial charge in [0.25, 0.3) is 0 Å². The van der Waals surface area contributed by atoms with E-state index in [0.29, 0.717) is 25.3 Å². The van der Waals surface area contributed by atoms with Gasteiger partial charge in [0.1, 0.15) is 17.5 Å². The van der Waals surface area contributed by atoms with Crippen LogP contribution in [-0.2, 0) is 9.47 Å². The maximum Gasteiger partial charge on any atom is 0.410 e. The number of pyridine rings is 1. The van der Waals surface area contributed by atoms with Crippen LogP contribution in [-0.4, -0.2) is 86.0 Å². The van der Waals surface area contributed by atoms with Crippen LogP contribution in [0.5, 0.6) is 0 Å². The summed E-state index contributed by atoms with van der Waals surface area (Å²) in [4.78, 5) is 22.5. The first-order chi connectivity index (χ1) is 13.8. The maximum atomic E-state index is 11.9. The summed E-state index contributed by atoms with van der Waals surface area (Å²) in [6.45, 7) is 12.1. The van der Waals surface area contributed by atoms with Crippen molar-refractivity contribution < 1.29 is 14.3 Å². The van der Waals surface area contributed by atoms with Crippen molar-refractivity contribution in [2.75, 3.05) is 64.4 Å². The minimum atomic E-state index is -0.480. The smallest absolute Gasteiger partial charge is 0.410 e. The Labute approximate surface area is 174 Å². The standard InChI is InChI=1S/C21H33N5O3/c1-21(2,3)29-20(27)24(4)13-15-28-14-5-8-25-9-11-26(12-10-25)19-7-6-18(16-22)17-23-19/h6-7,17H,5,8-15H2,1-4H3. The fourth-order valence-corrected chi connectivity index (χ4v) is 2.96. The van der Waals surface area contributed by atoms with Crippen molar-refractivity contribution in [1.82, 2.24) is 14.8 Å². The Hall–Kier alpha value is -2.37. The number of hydrogen-bond donors (Lipinski definition) is 0. The van der Waals surface area contributed by atoms with E-state index in [9.17, 15) is 4.79 Å². The van der Waals surface area contributed by atoms with Gasteiger partial charge in [-0.05, 0) is 39.3 Å². The Balaban J connectivity index is 1.54. The van der Waals surface area contributed by atoms with Crippen molar-refractivity contribution in [3.8, 4) is 6.07 Å². The molecule has 0 spiro atoms. The summed E-state index contributed by atoms with van der Waals surface area (Å²) in [6.07, 6.45) is 2.26. The van der Waals surface area contributed by atoms with Crippen molar-refractivity contribution in [3.63, 3.8) is 0 Å². The molecule has 0 atom stereocenters. The fourth-order valence-electron chi connectivity index (χ4n) is 2.96. The molecule has 1 aliphatic rings. The van der Waals surface area contributed by atoms with Crippen LogP contribution in [0, 0.1) is 11.3 Å². The lowest BCUT2D eigenvalue weighted by Crippen LogP contribution is -2.47. The summed E-state index contributed by atoms with van der Waals surface area (Å²) in [7, 11) is 1.72. The predicted octanol–water partition coefficient (Wildman–Crippen LogP) is 2.35. The lowest BCUT2D eigenvalue weighted by molar-refractivity contribution is 0.0227. The summed E-state index contributed by atoms with van der Waals surface area (Å²) < 4.78 is 11.0. The van der Waals surface area contributed by atoms with E-state index < -0.39 is 5.60 Å². The van der Waals surface area contributed by atoms with Gasteiger partial charge in [-0.3, -0.25) is 4.90 Å². The molecule has 29 heavy (non-hydrogen) atoms. The van der Waals surface area contributed by atoms with Crippen molar-refractivity contribution in [2.24, 2.45) is 0 Å². The zero-order valence-corrected chi connectivity index (χ0v) is 18.1. The number of carbonyl (C=O) groups is 1. The molecule has 1 aliphatic heterocycles. The number of carbonyl (C=O) groups excluding carboxylic acids is 1. The molecule has 1 aromatic rings. The quantitative estimate of drug-likeness (QED) is 0.616. The lowest BCUT2D eigenvalue weighted by atomic mass is 10.2. The van der Waals surface area contributed by atoms with E-state index in [-0.39, 0.29) is 6.09 Å². The van der Waals surface area contributed by atoms with Gasteiger partial charge in [0.15, 0.2) is 0 Å². The Morgan fingerprint density at radius 2 is 1.97 bits per heavy atom. The number of nitriles is 1. The topological polar surface area (TPSA) is 81.9 Å². The molecule has 8 nitrogen and oxygen atoms in total. The van der Waals surface area contributed by atoms with E-state index >= 15 is 0 Å². The zero-order chi connectivity index (χ0) is 21.3. The summed E-state index contributed by atoms with van der Waals surface area (Å²) in [5.74, 6) is 0.932. The van der Waals surface area contributed by atoms with Gasteiger partial charge < -0.3 is 19.3 Å². The number of nitrogens with zero attached hydrogens (tertiary/aromatic N) is 5. The molecule has 0 radical (unpaired) electrons. The van der Waals surface area contributed by atoms with Gasteiger partial charge in [-0.15, -0.1) is 0 Å². The van der Waals surface area contributed by atoms with Crippen molar-refractivity contribution >= 4 is 11.9 Å². The van der Waals surface area contributed by atoms with E-state index in [1.54, 1.807) is 18.1 Å². The van der Waals surface area contributed by atoms with Crippen LogP contribution in [0.2, 0.25) is 0 Å². The normalized spacial score (nSPS) is 15.1. The van der Waals surface area contributed by atoms with Crippen molar-refractivity contribution in [3.05, 3.63) is 23.9 Å². The third-order valence-corrected chi connectivity index (χ3v) is 4.61. The third-order valence-electron chi connectivity index (χ3n) is 4.61. The highest BCUT2D eigenvalue weighted by Gasteiger charge is 2.19. The number of likely N-dealkylation sites (N-methyl/N-ethyl adjacent to an activating group) is 1. The molecule has 1 fully saturated rings. The van der Waals surface area contributed by atoms with Gasteiger partial charge in [0, 0.05) is 59.1 Å². The maximum absolute atomic E-state index is 11.9. The van der Waals surface area contributed by atoms with Crippen LogP contribution in [0.3, 0.4) is 0 Å². The van der Waals surface area contributed by atoms with Crippen LogP contribution < -0.4 is 4.90 Å². The minimum Gasteiger partial charge on any atom is -0.444 e. The SMILES string of the molecule is CN(CCOCCCN1CCN(c2ccc(C#N)cn2)CC1)C(=O)OC(C)(C)C. The highest BCUT2D eigenvalue weighted by atomic mass is 16.6. The number of piperazine rings is 1. The summed E-state index contributed by atoms with van der Waals surface area (Å²) in [6, 6.07) is 5.82. The molecule has 0 unspecified atom stereocenters. The van der Waals surface area contributed by atoms with E-state index in [1.165, 1.54) is 0 Å². The summed E-state index contributed by atoms with van der Waals surface area (Å²) in [5, 5.41) is 8.86. The molecular weight excluding hydrogens is 370 g/mol. The second kappa shape index (κ2) is 11.0. The number of anilines is 1. The molecule has 1 saturated heterocycles. The fraction of sp³-hybridized carbons (Fsp3) is 0.667. The van der Waals surface area contributed by atoms with Crippen molar-refractivity contribution in [2.45, 2.75) is 32.8 Å². The van der Waals surface area contributed by atoms with Crippen LogP contribution in [0.4, 0.5) is 10.6 Å². The number of ether oxygens (including phenoxy) is 2. The number of amides is 1. The van der Waals surface area contributed by atoms with Crippen LogP contribution >= 0.6 is 0 Å². The Morgan fingerprint density at radius 1 is 1.24 bits per heavy atom. The van der Waals surface area contributed by atoms with E-state index in [4.69, 9.17) is 14.7 Å². The summed E-state index contributed by atoms with van der Waals surface area (Å²) in [5.41, 5.74) is 0.108. The van der Waals surface area contributed by atoms with Crippen LogP contribution in [0.1, 0.15) is 32.8 Å². The van der Waals surface area contributed by atoms with Gasteiger partial charge in [0.05, 0.1) is 12.2 Å². The molecule has 8 heteroatoms. The first kappa shape index (κ1) is 22.9. The van der Waals surface area contributed by atoms with Crippen LogP contribution in [0.25, 0.3) is 0 Å². The molecule has 1 amide bonds. The predicted molar refractivity (Wildman–Crippen MR) is 112 cm³/mol. The largest absolute Gasteiger partial charge is 0.444 e. The number of hydrogen-bond acceptors (Lipinski definition) is 7. The highest BCUT2D eigenvalue weighted by Crippen LogP contribution is 2.14. The third kappa shape index (κ3) is 8.26. The first-order valence-corrected chi connectivity index (χ1v) is 10.1.